The number of nitrogens with zero attached hydrogens (tertiary/aromatic N) is 2. The predicted molar refractivity (Wildman–Crippen MR) is 88.5 cm³/mol. The molecule has 2 aliphatic heterocycles. The number of urea groups is 1. The molecule has 2 amide bonds. The second-order valence-corrected chi connectivity index (χ2v) is 7.12. The third-order valence-electron chi connectivity index (χ3n) is 5.00. The van der Waals surface area contributed by atoms with Gasteiger partial charge in [0.15, 0.2) is 0 Å². The highest BCUT2D eigenvalue weighted by molar-refractivity contribution is 5.74. The minimum absolute atomic E-state index is 0.0756. The summed E-state index contributed by atoms with van der Waals surface area (Å²) in [5.41, 5.74) is 0. The van der Waals surface area contributed by atoms with E-state index in [0.29, 0.717) is 19.1 Å². The maximum absolute atomic E-state index is 12.3. The molecule has 1 atom stereocenters. The summed E-state index contributed by atoms with van der Waals surface area (Å²) in [6, 6.07) is 0.0756. The summed E-state index contributed by atoms with van der Waals surface area (Å²) in [5.74, 6) is 1.38. The Hall–Kier alpha value is -0.850. The van der Waals surface area contributed by atoms with Crippen molar-refractivity contribution in [3.05, 3.63) is 0 Å². The van der Waals surface area contributed by atoms with Crippen molar-refractivity contribution in [1.82, 2.24) is 15.1 Å². The van der Waals surface area contributed by atoms with Gasteiger partial charge < -0.3 is 19.7 Å². The van der Waals surface area contributed by atoms with Crippen molar-refractivity contribution in [2.24, 2.45) is 11.8 Å². The number of rotatable bonds is 7. The van der Waals surface area contributed by atoms with Gasteiger partial charge in [-0.15, -0.1) is 0 Å². The molecule has 0 bridgehead atoms. The molecule has 1 N–H and O–H groups in total. The van der Waals surface area contributed by atoms with Crippen LogP contribution < -0.4 is 5.32 Å². The van der Waals surface area contributed by atoms with Gasteiger partial charge in [0.2, 0.25) is 0 Å². The maximum Gasteiger partial charge on any atom is 0.317 e. The second kappa shape index (κ2) is 8.85. The third-order valence-corrected chi connectivity index (χ3v) is 5.00. The van der Waals surface area contributed by atoms with Gasteiger partial charge in [0.05, 0.1) is 19.8 Å². The number of carbonyl (C=O) groups excluding carboxylic acids is 1. The molecule has 3 fully saturated rings. The van der Waals surface area contributed by atoms with Gasteiger partial charge in [0.1, 0.15) is 0 Å². The van der Waals surface area contributed by atoms with Gasteiger partial charge in [-0.2, -0.15) is 0 Å². The summed E-state index contributed by atoms with van der Waals surface area (Å²) in [5, 5.41) is 3.00. The lowest BCUT2D eigenvalue weighted by Gasteiger charge is -2.36. The van der Waals surface area contributed by atoms with E-state index in [1.807, 2.05) is 4.90 Å². The van der Waals surface area contributed by atoms with E-state index in [0.717, 1.165) is 64.9 Å². The fourth-order valence-electron chi connectivity index (χ4n) is 3.42. The number of piperidine rings is 1. The SMILES string of the molecule is O=C(NCCOCC1CC1)N1CCC[C@@H](CN2CCOCC2)C1. The van der Waals surface area contributed by atoms with E-state index in [1.54, 1.807) is 0 Å². The van der Waals surface area contributed by atoms with Crippen LogP contribution in [0.1, 0.15) is 25.7 Å². The monoisotopic (exact) mass is 325 g/mol. The quantitative estimate of drug-likeness (QED) is 0.714. The van der Waals surface area contributed by atoms with Crippen molar-refractivity contribution in [1.29, 1.82) is 0 Å². The number of hydrogen-bond acceptors (Lipinski definition) is 4. The molecule has 2 saturated heterocycles. The molecule has 6 nitrogen and oxygen atoms in total. The molecule has 2 heterocycles. The minimum Gasteiger partial charge on any atom is -0.379 e. The Morgan fingerprint density at radius 1 is 1.13 bits per heavy atom. The van der Waals surface area contributed by atoms with Crippen molar-refractivity contribution >= 4 is 6.03 Å². The molecule has 0 aromatic rings. The lowest BCUT2D eigenvalue weighted by molar-refractivity contribution is 0.0248. The zero-order valence-corrected chi connectivity index (χ0v) is 14.2. The van der Waals surface area contributed by atoms with Crippen LogP contribution in [0.3, 0.4) is 0 Å². The Morgan fingerprint density at radius 2 is 1.96 bits per heavy atom. The first kappa shape index (κ1) is 17.0. The van der Waals surface area contributed by atoms with Gasteiger partial charge in [-0.05, 0) is 37.5 Å². The lowest BCUT2D eigenvalue weighted by atomic mass is 9.97. The Kier molecular flexibility index (Phi) is 6.54. The van der Waals surface area contributed by atoms with Gasteiger partial charge in [-0.3, -0.25) is 4.90 Å². The molecular weight excluding hydrogens is 294 g/mol. The first-order chi connectivity index (χ1) is 11.3. The van der Waals surface area contributed by atoms with Crippen molar-refractivity contribution in [3.63, 3.8) is 0 Å². The third kappa shape index (κ3) is 5.94. The van der Waals surface area contributed by atoms with Crippen molar-refractivity contribution in [2.75, 3.05) is 65.7 Å². The summed E-state index contributed by atoms with van der Waals surface area (Å²) in [7, 11) is 0. The molecule has 132 valence electrons. The summed E-state index contributed by atoms with van der Waals surface area (Å²) in [6.07, 6.45) is 4.96. The number of hydrogen-bond donors (Lipinski definition) is 1. The molecule has 0 aromatic carbocycles. The van der Waals surface area contributed by atoms with Crippen LogP contribution in [-0.2, 0) is 9.47 Å². The highest BCUT2D eigenvalue weighted by Gasteiger charge is 2.25. The van der Waals surface area contributed by atoms with Crippen LogP contribution in [0.5, 0.6) is 0 Å². The smallest absolute Gasteiger partial charge is 0.317 e. The van der Waals surface area contributed by atoms with Gasteiger partial charge in [-0.1, -0.05) is 0 Å². The molecule has 1 aliphatic carbocycles. The average molecular weight is 325 g/mol. The standard InChI is InChI=1S/C17H31N3O3/c21-17(18-5-9-23-14-15-3-4-15)20-6-1-2-16(13-20)12-19-7-10-22-11-8-19/h15-16H,1-14H2,(H,18,21)/t16-/m0/s1. The highest BCUT2D eigenvalue weighted by atomic mass is 16.5. The lowest BCUT2D eigenvalue weighted by Crippen LogP contribution is -2.49. The molecule has 3 rings (SSSR count). The topological polar surface area (TPSA) is 54.0 Å². The van der Waals surface area contributed by atoms with E-state index in [4.69, 9.17) is 9.47 Å². The number of amides is 2. The number of carbonyl (C=O) groups is 1. The Morgan fingerprint density at radius 3 is 2.74 bits per heavy atom. The summed E-state index contributed by atoms with van der Waals surface area (Å²) < 4.78 is 11.0. The minimum atomic E-state index is 0.0756. The Labute approximate surface area is 139 Å². The van der Waals surface area contributed by atoms with Crippen LogP contribution in [0, 0.1) is 11.8 Å². The molecular formula is C17H31N3O3. The summed E-state index contributed by atoms with van der Waals surface area (Å²) >= 11 is 0. The summed E-state index contributed by atoms with van der Waals surface area (Å²) in [4.78, 5) is 16.7. The van der Waals surface area contributed by atoms with Gasteiger partial charge in [0.25, 0.3) is 0 Å². The number of ether oxygens (including phenoxy) is 2. The zero-order chi connectivity index (χ0) is 15.9. The summed E-state index contributed by atoms with van der Waals surface area (Å²) in [6.45, 7) is 8.72. The molecule has 0 spiro atoms. The maximum atomic E-state index is 12.3. The van der Waals surface area contributed by atoms with Crippen LogP contribution in [-0.4, -0.2) is 81.5 Å². The van der Waals surface area contributed by atoms with Crippen LogP contribution in [0.4, 0.5) is 4.79 Å². The van der Waals surface area contributed by atoms with Gasteiger partial charge >= 0.3 is 6.03 Å². The van der Waals surface area contributed by atoms with E-state index in [-0.39, 0.29) is 6.03 Å². The normalized spacial score (nSPS) is 26.3. The fourth-order valence-corrected chi connectivity index (χ4v) is 3.42. The first-order valence-corrected chi connectivity index (χ1v) is 9.22. The fraction of sp³-hybridized carbons (Fsp3) is 0.941. The molecule has 1 saturated carbocycles. The molecule has 3 aliphatic rings. The van der Waals surface area contributed by atoms with Crippen LogP contribution in [0.25, 0.3) is 0 Å². The van der Waals surface area contributed by atoms with E-state index in [9.17, 15) is 4.79 Å². The Bertz CT molecular complexity index is 370. The number of likely N-dealkylation sites (tertiary alicyclic amines) is 1. The van der Waals surface area contributed by atoms with E-state index >= 15 is 0 Å². The highest BCUT2D eigenvalue weighted by Crippen LogP contribution is 2.28. The largest absolute Gasteiger partial charge is 0.379 e. The molecule has 0 radical (unpaired) electrons. The Balaban J connectivity index is 1.30. The van der Waals surface area contributed by atoms with Gasteiger partial charge in [0, 0.05) is 45.9 Å². The zero-order valence-electron chi connectivity index (χ0n) is 14.2. The predicted octanol–water partition coefficient (Wildman–Crippen LogP) is 1.17. The molecule has 23 heavy (non-hydrogen) atoms. The number of morpholine rings is 1. The van der Waals surface area contributed by atoms with Crippen LogP contribution in [0.2, 0.25) is 0 Å². The number of nitrogens with one attached hydrogen (secondary N) is 1. The van der Waals surface area contributed by atoms with Crippen molar-refractivity contribution in [2.45, 2.75) is 25.7 Å². The van der Waals surface area contributed by atoms with Crippen molar-refractivity contribution < 1.29 is 14.3 Å². The van der Waals surface area contributed by atoms with E-state index in [1.165, 1.54) is 19.3 Å². The van der Waals surface area contributed by atoms with E-state index < -0.39 is 0 Å². The molecule has 0 aromatic heterocycles. The average Bonchev–Trinajstić information content (AvgIpc) is 3.40. The molecule has 0 unspecified atom stereocenters. The van der Waals surface area contributed by atoms with Gasteiger partial charge in [-0.25, -0.2) is 4.79 Å². The van der Waals surface area contributed by atoms with E-state index in [2.05, 4.69) is 10.2 Å². The second-order valence-electron chi connectivity index (χ2n) is 7.12. The molecule has 6 heteroatoms. The van der Waals surface area contributed by atoms with Crippen LogP contribution >= 0.6 is 0 Å². The first-order valence-electron chi connectivity index (χ1n) is 9.22. The van der Waals surface area contributed by atoms with Crippen LogP contribution in [0.15, 0.2) is 0 Å². The van der Waals surface area contributed by atoms with Crippen molar-refractivity contribution in [3.8, 4) is 0 Å².